The molecular formula is C25H25NO5. The molecule has 2 N–H and O–H groups in total. The highest BCUT2D eigenvalue weighted by atomic mass is 16.5. The first-order valence-corrected chi connectivity index (χ1v) is 9.93. The van der Waals surface area contributed by atoms with E-state index < -0.39 is 24.0 Å². The number of nitrogens with one attached hydrogen (secondary N) is 1. The molecule has 0 bridgehead atoms. The van der Waals surface area contributed by atoms with Crippen molar-refractivity contribution >= 4 is 11.9 Å². The molecule has 3 rings (SSSR count). The van der Waals surface area contributed by atoms with E-state index in [4.69, 9.17) is 9.47 Å². The topological polar surface area (TPSA) is 84.9 Å². The zero-order valence-corrected chi connectivity index (χ0v) is 17.2. The Morgan fingerprint density at radius 1 is 0.903 bits per heavy atom. The van der Waals surface area contributed by atoms with Crippen molar-refractivity contribution in [2.24, 2.45) is 0 Å². The van der Waals surface area contributed by atoms with Crippen LogP contribution in [-0.2, 0) is 27.4 Å². The van der Waals surface area contributed by atoms with E-state index in [0.29, 0.717) is 17.9 Å². The first kappa shape index (κ1) is 22.1. The van der Waals surface area contributed by atoms with Crippen molar-refractivity contribution in [2.45, 2.75) is 25.2 Å². The summed E-state index contributed by atoms with van der Waals surface area (Å²) in [6, 6.07) is 24.8. The number of aliphatic carboxylic acids is 1. The van der Waals surface area contributed by atoms with Crippen molar-refractivity contribution in [1.29, 1.82) is 0 Å². The number of methoxy groups -OCH3 is 1. The Kier molecular flexibility index (Phi) is 7.79. The number of carboxylic acids is 1. The molecule has 0 spiro atoms. The van der Waals surface area contributed by atoms with E-state index in [1.807, 2.05) is 48.5 Å². The summed E-state index contributed by atoms with van der Waals surface area (Å²) in [4.78, 5) is 24.5. The van der Waals surface area contributed by atoms with Gasteiger partial charge in [0.05, 0.1) is 0 Å². The number of carbonyl (C=O) groups is 2. The lowest BCUT2D eigenvalue weighted by Gasteiger charge is -2.20. The fourth-order valence-corrected chi connectivity index (χ4v) is 3.21. The lowest BCUT2D eigenvalue weighted by atomic mass is 10.0. The molecular weight excluding hydrogens is 394 g/mol. The van der Waals surface area contributed by atoms with Crippen LogP contribution in [0.5, 0.6) is 5.75 Å². The number of carbonyl (C=O) groups excluding carboxylic acids is 1. The zero-order chi connectivity index (χ0) is 22.1. The quantitative estimate of drug-likeness (QED) is 0.523. The molecule has 6 nitrogen and oxygen atoms in total. The minimum atomic E-state index is -1.12. The van der Waals surface area contributed by atoms with E-state index in [0.717, 1.165) is 11.1 Å². The SMILES string of the molecule is CO[C@@H](C(=O)N[C@@H](Cc1cccc(OCc2ccccc2)c1)C(=O)O)c1ccccc1. The molecule has 0 radical (unpaired) electrons. The van der Waals surface area contributed by atoms with Gasteiger partial charge in [0.1, 0.15) is 18.4 Å². The Morgan fingerprint density at radius 3 is 2.19 bits per heavy atom. The van der Waals surface area contributed by atoms with Gasteiger partial charge in [-0.25, -0.2) is 4.79 Å². The number of carboxylic acid groups (broad SMARTS) is 1. The Morgan fingerprint density at radius 2 is 1.55 bits per heavy atom. The van der Waals surface area contributed by atoms with Crippen molar-refractivity contribution in [3.8, 4) is 5.75 Å². The van der Waals surface area contributed by atoms with Gasteiger partial charge < -0.3 is 19.9 Å². The van der Waals surface area contributed by atoms with Crippen molar-refractivity contribution in [2.75, 3.05) is 7.11 Å². The molecule has 1 amide bonds. The summed E-state index contributed by atoms with van der Waals surface area (Å²) in [7, 11) is 1.42. The van der Waals surface area contributed by atoms with E-state index in [2.05, 4.69) is 5.32 Å². The summed E-state index contributed by atoms with van der Waals surface area (Å²) < 4.78 is 11.1. The standard InChI is InChI=1S/C25H25NO5/c1-30-23(20-12-6-3-7-13-20)24(27)26-22(25(28)29)16-19-11-8-14-21(15-19)31-17-18-9-4-2-5-10-18/h2-15,22-23H,16-17H2,1H3,(H,26,27)(H,28,29)/t22-,23+/m0/s1. The molecule has 0 saturated heterocycles. The highest BCUT2D eigenvalue weighted by molar-refractivity contribution is 5.87. The summed E-state index contributed by atoms with van der Waals surface area (Å²) in [5.74, 6) is -0.986. The molecule has 0 saturated carbocycles. The summed E-state index contributed by atoms with van der Waals surface area (Å²) in [5, 5.41) is 12.2. The molecule has 2 atom stereocenters. The summed E-state index contributed by atoms with van der Waals surface area (Å²) in [6.07, 6.45) is -0.766. The van der Waals surface area contributed by atoms with Crippen LogP contribution in [-0.4, -0.2) is 30.1 Å². The van der Waals surface area contributed by atoms with Crippen LogP contribution in [0.4, 0.5) is 0 Å². The van der Waals surface area contributed by atoms with Crippen LogP contribution in [0.2, 0.25) is 0 Å². The van der Waals surface area contributed by atoms with Gasteiger partial charge >= 0.3 is 5.97 Å². The normalized spacial score (nSPS) is 12.5. The largest absolute Gasteiger partial charge is 0.489 e. The second kappa shape index (κ2) is 10.9. The number of ether oxygens (including phenoxy) is 2. The van der Waals surface area contributed by atoms with Crippen molar-refractivity contribution in [3.63, 3.8) is 0 Å². The lowest BCUT2D eigenvalue weighted by molar-refractivity contribution is -0.144. The van der Waals surface area contributed by atoms with Crippen molar-refractivity contribution < 1.29 is 24.2 Å². The average molecular weight is 419 g/mol. The lowest BCUT2D eigenvalue weighted by Crippen LogP contribution is -2.44. The van der Waals surface area contributed by atoms with Gasteiger partial charge in [-0.3, -0.25) is 4.79 Å². The summed E-state index contributed by atoms with van der Waals surface area (Å²) >= 11 is 0. The van der Waals surface area contributed by atoms with Gasteiger partial charge in [-0.1, -0.05) is 72.8 Å². The minimum Gasteiger partial charge on any atom is -0.489 e. The molecule has 0 aliphatic heterocycles. The number of hydrogen-bond donors (Lipinski definition) is 2. The first-order chi connectivity index (χ1) is 15.1. The van der Waals surface area contributed by atoms with E-state index in [1.165, 1.54) is 7.11 Å². The fraction of sp³-hybridized carbons (Fsp3) is 0.200. The van der Waals surface area contributed by atoms with Gasteiger partial charge in [0.2, 0.25) is 0 Å². The second-order valence-corrected chi connectivity index (χ2v) is 7.05. The Balaban J connectivity index is 1.65. The third-order valence-electron chi connectivity index (χ3n) is 4.78. The van der Waals surface area contributed by atoms with Gasteiger partial charge in [0, 0.05) is 13.5 Å². The molecule has 31 heavy (non-hydrogen) atoms. The molecule has 0 unspecified atom stereocenters. The van der Waals surface area contributed by atoms with E-state index in [1.54, 1.807) is 36.4 Å². The highest BCUT2D eigenvalue weighted by Gasteiger charge is 2.26. The molecule has 0 aromatic heterocycles. The number of benzene rings is 3. The summed E-state index contributed by atoms with van der Waals surface area (Å²) in [5.41, 5.74) is 2.44. The maximum absolute atomic E-state index is 12.7. The van der Waals surface area contributed by atoms with Crippen LogP contribution in [0.3, 0.4) is 0 Å². The third-order valence-corrected chi connectivity index (χ3v) is 4.78. The van der Waals surface area contributed by atoms with E-state index in [-0.39, 0.29) is 6.42 Å². The van der Waals surface area contributed by atoms with Crippen LogP contribution in [0, 0.1) is 0 Å². The number of hydrogen-bond acceptors (Lipinski definition) is 4. The molecule has 0 aliphatic carbocycles. The molecule has 0 aliphatic rings. The van der Waals surface area contributed by atoms with Gasteiger partial charge in [-0.2, -0.15) is 0 Å². The van der Waals surface area contributed by atoms with Gasteiger partial charge in [0.15, 0.2) is 6.10 Å². The zero-order valence-electron chi connectivity index (χ0n) is 17.2. The van der Waals surface area contributed by atoms with E-state index >= 15 is 0 Å². The Hall–Kier alpha value is -3.64. The van der Waals surface area contributed by atoms with E-state index in [9.17, 15) is 14.7 Å². The maximum atomic E-state index is 12.7. The second-order valence-electron chi connectivity index (χ2n) is 7.05. The number of amides is 1. The van der Waals surface area contributed by atoms with Crippen molar-refractivity contribution in [3.05, 3.63) is 102 Å². The molecule has 160 valence electrons. The average Bonchev–Trinajstić information content (AvgIpc) is 2.79. The van der Waals surface area contributed by atoms with Crippen LogP contribution >= 0.6 is 0 Å². The molecule has 3 aromatic carbocycles. The molecule has 0 fully saturated rings. The van der Waals surface area contributed by atoms with Crippen LogP contribution in [0.25, 0.3) is 0 Å². The molecule has 6 heteroatoms. The highest BCUT2D eigenvalue weighted by Crippen LogP contribution is 2.19. The van der Waals surface area contributed by atoms with Crippen LogP contribution < -0.4 is 10.1 Å². The Bertz CT molecular complexity index is 991. The van der Waals surface area contributed by atoms with Crippen LogP contribution in [0.1, 0.15) is 22.8 Å². The summed E-state index contributed by atoms with van der Waals surface area (Å²) in [6.45, 7) is 0.413. The fourth-order valence-electron chi connectivity index (χ4n) is 3.21. The smallest absolute Gasteiger partial charge is 0.326 e. The van der Waals surface area contributed by atoms with Gasteiger partial charge in [0.25, 0.3) is 5.91 Å². The molecule has 0 heterocycles. The maximum Gasteiger partial charge on any atom is 0.326 e. The van der Waals surface area contributed by atoms with Crippen LogP contribution in [0.15, 0.2) is 84.9 Å². The monoisotopic (exact) mass is 419 g/mol. The first-order valence-electron chi connectivity index (χ1n) is 9.93. The number of rotatable bonds is 10. The van der Waals surface area contributed by atoms with Crippen molar-refractivity contribution in [1.82, 2.24) is 5.32 Å². The minimum absolute atomic E-state index is 0.120. The van der Waals surface area contributed by atoms with Gasteiger partial charge in [-0.05, 0) is 28.8 Å². The van der Waals surface area contributed by atoms with Gasteiger partial charge in [-0.15, -0.1) is 0 Å². The predicted molar refractivity (Wildman–Crippen MR) is 117 cm³/mol. The Labute approximate surface area is 181 Å². The third kappa shape index (κ3) is 6.42. The molecule has 3 aromatic rings. The predicted octanol–water partition coefficient (Wildman–Crippen LogP) is 3.77.